The number of ether oxygens (including phenoxy) is 3. The smallest absolute Gasteiger partial charge is 0.264 e. The summed E-state index contributed by atoms with van der Waals surface area (Å²) >= 11 is 0. The molecule has 2 aliphatic rings. The van der Waals surface area contributed by atoms with Crippen molar-refractivity contribution in [1.29, 1.82) is 0 Å². The molecule has 3 amide bonds. The van der Waals surface area contributed by atoms with Crippen molar-refractivity contribution in [3.05, 3.63) is 81.8 Å². The molecule has 5 rings (SSSR count). The molecule has 2 aromatic carbocycles. The van der Waals surface area contributed by atoms with Crippen molar-refractivity contribution >= 4 is 17.7 Å². The van der Waals surface area contributed by atoms with Crippen LogP contribution in [0.4, 0.5) is 0 Å². The molecular formula is C32H37N5O7. The van der Waals surface area contributed by atoms with Crippen LogP contribution in [0, 0.1) is 0 Å². The Morgan fingerprint density at radius 1 is 1.11 bits per heavy atom. The second-order valence-electron chi connectivity index (χ2n) is 10.9. The molecule has 4 bridgehead atoms. The number of piperidine rings is 1. The molecule has 12 heteroatoms. The summed E-state index contributed by atoms with van der Waals surface area (Å²) < 4.78 is 18.0. The van der Waals surface area contributed by atoms with Gasteiger partial charge < -0.3 is 29.3 Å². The van der Waals surface area contributed by atoms with Crippen molar-refractivity contribution < 1.29 is 28.6 Å². The molecule has 0 radical (unpaired) electrons. The lowest BCUT2D eigenvalue weighted by molar-refractivity contribution is -0.137. The van der Waals surface area contributed by atoms with Crippen molar-refractivity contribution in [2.24, 2.45) is 0 Å². The van der Waals surface area contributed by atoms with Crippen molar-refractivity contribution in [3.8, 4) is 17.2 Å². The van der Waals surface area contributed by atoms with Crippen LogP contribution in [0.1, 0.15) is 47.8 Å². The van der Waals surface area contributed by atoms with Gasteiger partial charge in [0.1, 0.15) is 5.75 Å². The zero-order valence-corrected chi connectivity index (χ0v) is 24.9. The highest BCUT2D eigenvalue weighted by molar-refractivity contribution is 5.97. The van der Waals surface area contributed by atoms with E-state index in [9.17, 15) is 19.2 Å². The first kappa shape index (κ1) is 30.7. The molecule has 1 fully saturated rings. The number of aryl methyl sites for hydroxylation is 1. The van der Waals surface area contributed by atoms with Gasteiger partial charge in [-0.25, -0.2) is 5.10 Å². The quantitative estimate of drug-likeness (QED) is 0.438. The Bertz CT molecular complexity index is 1540. The Morgan fingerprint density at radius 3 is 2.75 bits per heavy atom. The number of likely N-dealkylation sites (tertiary alicyclic amines) is 1. The van der Waals surface area contributed by atoms with E-state index in [-0.39, 0.29) is 48.9 Å². The van der Waals surface area contributed by atoms with Gasteiger partial charge in [0.2, 0.25) is 11.8 Å². The van der Waals surface area contributed by atoms with Gasteiger partial charge in [-0.1, -0.05) is 19.1 Å². The van der Waals surface area contributed by atoms with E-state index in [1.54, 1.807) is 29.2 Å². The first-order valence-electron chi connectivity index (χ1n) is 14.8. The highest BCUT2D eigenvalue weighted by Gasteiger charge is 2.34. The van der Waals surface area contributed by atoms with E-state index in [0.29, 0.717) is 67.4 Å². The number of H-pyrrole nitrogens is 1. The third-order valence-electron chi connectivity index (χ3n) is 7.71. The van der Waals surface area contributed by atoms with E-state index in [0.717, 1.165) is 5.56 Å². The fourth-order valence-corrected chi connectivity index (χ4v) is 5.43. The number of nitrogens with zero attached hydrogens (tertiary/aromatic N) is 3. The number of carbonyl (C=O) groups excluding carboxylic acids is 3. The third kappa shape index (κ3) is 7.62. The lowest BCUT2D eigenvalue weighted by Crippen LogP contribution is -2.57. The Balaban J connectivity index is 1.37. The lowest BCUT2D eigenvalue weighted by atomic mass is 10.0. The molecule has 2 atom stereocenters. The van der Waals surface area contributed by atoms with Gasteiger partial charge in [-0.05, 0) is 54.8 Å². The Hall–Kier alpha value is -4.71. The summed E-state index contributed by atoms with van der Waals surface area (Å²) in [5, 5.41) is 9.45. The summed E-state index contributed by atoms with van der Waals surface area (Å²) in [5.74, 6) is 0.739. The number of aromatic amines is 1. The molecule has 3 heterocycles. The van der Waals surface area contributed by atoms with Gasteiger partial charge in [0, 0.05) is 44.1 Å². The SMILES string of the molecule is CCCN1CC(=O)N[C@H]2CCN(C(=O)CCc3ccc(=O)[nH]n3)C[C@@H]2OCc2cccc(c2)Oc2cc(ccc2OC)C1=O. The Kier molecular flexibility index (Phi) is 9.90. The van der Waals surface area contributed by atoms with E-state index >= 15 is 0 Å². The van der Waals surface area contributed by atoms with Crippen LogP contribution >= 0.6 is 0 Å². The number of nitrogens with one attached hydrogen (secondary N) is 2. The standard InChI is InChI=1S/C32H37N5O7/c1-3-14-37-19-30(39)33-25-13-15-36(31(40)12-9-23-8-11-29(38)35-34-23)18-28(25)43-20-21-5-4-6-24(16-21)44-27-17-22(32(37)41)7-10-26(27)42-2/h4-8,10-11,16-17,25,28H,3,9,12-15,18-20H2,1-2H3,(H,33,39)(H,35,38)/t25-,28-/m0/s1. The summed E-state index contributed by atoms with van der Waals surface area (Å²) in [4.78, 5) is 54.6. The van der Waals surface area contributed by atoms with Crippen LogP contribution in [0.2, 0.25) is 0 Å². The van der Waals surface area contributed by atoms with Gasteiger partial charge in [0.05, 0.1) is 38.1 Å². The molecular weight excluding hydrogens is 566 g/mol. The highest BCUT2D eigenvalue weighted by Crippen LogP contribution is 2.33. The molecule has 2 N–H and O–H groups in total. The average molecular weight is 604 g/mol. The molecule has 0 unspecified atom stereocenters. The lowest BCUT2D eigenvalue weighted by Gasteiger charge is -2.39. The van der Waals surface area contributed by atoms with Crippen LogP contribution in [0.5, 0.6) is 17.2 Å². The van der Waals surface area contributed by atoms with Crippen LogP contribution < -0.4 is 20.3 Å². The maximum Gasteiger partial charge on any atom is 0.264 e. The largest absolute Gasteiger partial charge is 0.493 e. The van der Waals surface area contributed by atoms with Crippen molar-refractivity contribution in [2.75, 3.05) is 33.3 Å². The van der Waals surface area contributed by atoms with Gasteiger partial charge in [-0.15, -0.1) is 0 Å². The minimum Gasteiger partial charge on any atom is -0.493 e. The molecule has 1 saturated heterocycles. The predicted molar refractivity (Wildman–Crippen MR) is 161 cm³/mol. The normalized spacial score (nSPS) is 19.0. The molecule has 44 heavy (non-hydrogen) atoms. The Morgan fingerprint density at radius 2 is 1.98 bits per heavy atom. The highest BCUT2D eigenvalue weighted by atomic mass is 16.5. The number of hydrogen-bond donors (Lipinski definition) is 2. The van der Waals surface area contributed by atoms with E-state index in [1.807, 2.05) is 31.2 Å². The minimum absolute atomic E-state index is 0.0660. The maximum absolute atomic E-state index is 13.6. The van der Waals surface area contributed by atoms with E-state index in [2.05, 4.69) is 15.5 Å². The number of amides is 3. The summed E-state index contributed by atoms with van der Waals surface area (Å²) in [6.07, 6.45) is 1.29. The van der Waals surface area contributed by atoms with Gasteiger partial charge in [0.15, 0.2) is 11.5 Å². The number of aromatic nitrogens is 2. The fraction of sp³-hybridized carbons (Fsp3) is 0.406. The number of methoxy groups -OCH3 is 1. The van der Waals surface area contributed by atoms with Crippen LogP contribution in [-0.2, 0) is 27.4 Å². The second-order valence-corrected chi connectivity index (χ2v) is 10.9. The van der Waals surface area contributed by atoms with Gasteiger partial charge in [0.25, 0.3) is 11.5 Å². The van der Waals surface area contributed by atoms with E-state index < -0.39 is 6.10 Å². The summed E-state index contributed by atoms with van der Waals surface area (Å²) in [6.45, 7) is 3.19. The topological polar surface area (TPSA) is 143 Å². The molecule has 0 spiro atoms. The number of benzene rings is 2. The Labute approximate surface area is 255 Å². The molecule has 3 aromatic rings. The average Bonchev–Trinajstić information content (AvgIpc) is 3.03. The number of carbonyl (C=O) groups is 3. The zero-order chi connectivity index (χ0) is 31.1. The first-order valence-corrected chi connectivity index (χ1v) is 14.8. The summed E-state index contributed by atoms with van der Waals surface area (Å²) in [5.41, 5.74) is 1.55. The molecule has 2 aliphatic heterocycles. The van der Waals surface area contributed by atoms with E-state index in [4.69, 9.17) is 14.2 Å². The molecule has 0 aliphatic carbocycles. The predicted octanol–water partition coefficient (Wildman–Crippen LogP) is 2.67. The minimum atomic E-state index is -0.483. The number of fused-ring (bicyclic) bond motifs is 5. The molecule has 1 aromatic heterocycles. The second kappa shape index (κ2) is 14.2. The van der Waals surface area contributed by atoms with Crippen LogP contribution in [0.25, 0.3) is 0 Å². The van der Waals surface area contributed by atoms with Crippen LogP contribution in [0.3, 0.4) is 0 Å². The van der Waals surface area contributed by atoms with Crippen LogP contribution in [-0.4, -0.2) is 83.2 Å². The third-order valence-corrected chi connectivity index (χ3v) is 7.71. The summed E-state index contributed by atoms with van der Waals surface area (Å²) in [6, 6.07) is 15.0. The molecule has 232 valence electrons. The molecule has 12 nitrogen and oxygen atoms in total. The van der Waals surface area contributed by atoms with Gasteiger partial charge >= 0.3 is 0 Å². The van der Waals surface area contributed by atoms with Crippen molar-refractivity contribution in [1.82, 2.24) is 25.3 Å². The van der Waals surface area contributed by atoms with Crippen molar-refractivity contribution in [2.45, 2.75) is 51.4 Å². The van der Waals surface area contributed by atoms with Crippen LogP contribution in [0.15, 0.2) is 59.4 Å². The maximum atomic E-state index is 13.6. The summed E-state index contributed by atoms with van der Waals surface area (Å²) in [7, 11) is 1.53. The first-order chi connectivity index (χ1) is 21.3. The fourth-order valence-electron chi connectivity index (χ4n) is 5.43. The van der Waals surface area contributed by atoms with Gasteiger partial charge in [-0.2, -0.15) is 5.10 Å². The zero-order valence-electron chi connectivity index (χ0n) is 24.9. The number of rotatable bonds is 6. The van der Waals surface area contributed by atoms with E-state index in [1.165, 1.54) is 18.1 Å². The molecule has 0 saturated carbocycles. The van der Waals surface area contributed by atoms with Gasteiger partial charge in [-0.3, -0.25) is 19.2 Å². The van der Waals surface area contributed by atoms with Crippen molar-refractivity contribution in [3.63, 3.8) is 0 Å². The number of hydrogen-bond acceptors (Lipinski definition) is 8. The monoisotopic (exact) mass is 603 g/mol.